The summed E-state index contributed by atoms with van der Waals surface area (Å²) in [5, 5.41) is 3.24. The van der Waals surface area contributed by atoms with E-state index < -0.39 is 0 Å². The van der Waals surface area contributed by atoms with E-state index in [2.05, 4.69) is 22.4 Å². The number of carbonyl (C=O) groups excluding carboxylic acids is 1. The quantitative estimate of drug-likeness (QED) is 0.662. The number of methoxy groups -OCH3 is 1. The molecule has 0 N–H and O–H groups in total. The molecule has 2 heterocycles. The number of hydrogen-bond acceptors (Lipinski definition) is 5. The van der Waals surface area contributed by atoms with Gasteiger partial charge in [-0.25, -0.2) is 4.98 Å². The molecule has 1 aliphatic heterocycles. The van der Waals surface area contributed by atoms with Crippen LogP contribution in [0, 0.1) is 0 Å². The van der Waals surface area contributed by atoms with Crippen molar-refractivity contribution in [3.63, 3.8) is 0 Å². The fourth-order valence-electron chi connectivity index (χ4n) is 3.36. The molecule has 0 unspecified atom stereocenters. The van der Waals surface area contributed by atoms with Crippen LogP contribution in [0.5, 0.6) is 5.75 Å². The first kappa shape index (κ1) is 18.7. The Morgan fingerprint density at radius 3 is 2.61 bits per heavy atom. The molecule has 1 amide bonds. The van der Waals surface area contributed by atoms with Gasteiger partial charge in [0.1, 0.15) is 10.8 Å². The third-order valence-corrected chi connectivity index (χ3v) is 5.79. The van der Waals surface area contributed by atoms with Crippen molar-refractivity contribution < 1.29 is 9.53 Å². The molecule has 2 aromatic carbocycles. The maximum absolute atomic E-state index is 12.7. The standard InChI is InChI=1S/C22H23N3O2S/c1-27-19-9-5-8-18(14-19)22(26)25-12-10-24(11-13-25)15-21-23-20(16-28-21)17-6-3-2-4-7-17/h2-9,14,16H,10-13,15H2,1H3. The van der Waals surface area contributed by atoms with Crippen molar-refractivity contribution in [1.82, 2.24) is 14.8 Å². The summed E-state index contributed by atoms with van der Waals surface area (Å²) in [6.45, 7) is 4.00. The van der Waals surface area contributed by atoms with Crippen LogP contribution in [0.15, 0.2) is 60.0 Å². The Labute approximate surface area is 169 Å². The number of benzene rings is 2. The summed E-state index contributed by atoms with van der Waals surface area (Å²) < 4.78 is 5.22. The van der Waals surface area contributed by atoms with Gasteiger partial charge in [-0.15, -0.1) is 11.3 Å². The number of carbonyl (C=O) groups is 1. The number of hydrogen-bond donors (Lipinski definition) is 0. The van der Waals surface area contributed by atoms with Crippen LogP contribution < -0.4 is 4.74 Å². The van der Waals surface area contributed by atoms with E-state index in [1.807, 2.05) is 41.3 Å². The predicted molar refractivity (Wildman–Crippen MR) is 112 cm³/mol. The van der Waals surface area contributed by atoms with Crippen molar-refractivity contribution in [1.29, 1.82) is 0 Å². The Bertz CT molecular complexity index is 934. The molecule has 1 aromatic heterocycles. The minimum atomic E-state index is 0.0687. The van der Waals surface area contributed by atoms with E-state index >= 15 is 0 Å². The molecule has 144 valence electrons. The van der Waals surface area contributed by atoms with Gasteiger partial charge in [0.25, 0.3) is 5.91 Å². The van der Waals surface area contributed by atoms with Crippen molar-refractivity contribution in [3.05, 3.63) is 70.5 Å². The third-order valence-electron chi connectivity index (χ3n) is 4.96. The molecule has 1 fully saturated rings. The lowest BCUT2D eigenvalue weighted by atomic mass is 10.1. The van der Waals surface area contributed by atoms with Gasteiger partial charge in [-0.2, -0.15) is 0 Å². The molecule has 1 aliphatic rings. The summed E-state index contributed by atoms with van der Waals surface area (Å²) in [6.07, 6.45) is 0. The van der Waals surface area contributed by atoms with Crippen molar-refractivity contribution >= 4 is 17.2 Å². The fraction of sp³-hybridized carbons (Fsp3) is 0.273. The molecule has 0 aliphatic carbocycles. The lowest BCUT2D eigenvalue weighted by Crippen LogP contribution is -2.48. The van der Waals surface area contributed by atoms with E-state index in [9.17, 15) is 4.79 Å². The van der Waals surface area contributed by atoms with Gasteiger partial charge < -0.3 is 9.64 Å². The molecule has 0 atom stereocenters. The number of aromatic nitrogens is 1. The minimum Gasteiger partial charge on any atom is -0.497 e. The second-order valence-corrected chi connectivity index (χ2v) is 7.74. The summed E-state index contributed by atoms with van der Waals surface area (Å²) >= 11 is 1.70. The average Bonchev–Trinajstić information content (AvgIpc) is 3.23. The normalized spacial score (nSPS) is 14.8. The molecule has 6 heteroatoms. The SMILES string of the molecule is COc1cccc(C(=O)N2CCN(Cc3nc(-c4ccccc4)cs3)CC2)c1. The maximum atomic E-state index is 12.7. The number of thiazole rings is 1. The summed E-state index contributed by atoms with van der Waals surface area (Å²) in [5.41, 5.74) is 2.87. The van der Waals surface area contributed by atoms with Crippen LogP contribution >= 0.6 is 11.3 Å². The maximum Gasteiger partial charge on any atom is 0.254 e. The van der Waals surface area contributed by atoms with Gasteiger partial charge in [-0.05, 0) is 18.2 Å². The molecule has 4 rings (SSSR count). The lowest BCUT2D eigenvalue weighted by molar-refractivity contribution is 0.0628. The van der Waals surface area contributed by atoms with Crippen LogP contribution in [0.1, 0.15) is 15.4 Å². The molecule has 0 saturated carbocycles. The second kappa shape index (κ2) is 8.54. The van der Waals surface area contributed by atoms with Gasteiger partial charge in [0.05, 0.1) is 19.3 Å². The highest BCUT2D eigenvalue weighted by molar-refractivity contribution is 7.09. The molecular formula is C22H23N3O2S. The Morgan fingerprint density at radius 2 is 1.86 bits per heavy atom. The largest absolute Gasteiger partial charge is 0.497 e. The Balaban J connectivity index is 1.33. The number of ether oxygens (including phenoxy) is 1. The van der Waals surface area contributed by atoms with E-state index in [4.69, 9.17) is 9.72 Å². The van der Waals surface area contributed by atoms with Gasteiger partial charge in [0.2, 0.25) is 0 Å². The van der Waals surface area contributed by atoms with Gasteiger partial charge >= 0.3 is 0 Å². The lowest BCUT2D eigenvalue weighted by Gasteiger charge is -2.34. The molecule has 5 nitrogen and oxygen atoms in total. The molecular weight excluding hydrogens is 370 g/mol. The van der Waals surface area contributed by atoms with Gasteiger partial charge in [0, 0.05) is 42.7 Å². The first-order valence-corrected chi connectivity index (χ1v) is 10.3. The number of rotatable bonds is 5. The summed E-state index contributed by atoms with van der Waals surface area (Å²) in [7, 11) is 1.62. The first-order chi connectivity index (χ1) is 13.7. The highest BCUT2D eigenvalue weighted by Crippen LogP contribution is 2.23. The predicted octanol–water partition coefficient (Wildman–Crippen LogP) is 3.78. The molecule has 0 spiro atoms. The Hall–Kier alpha value is -2.70. The summed E-state index contributed by atoms with van der Waals surface area (Å²) in [4.78, 5) is 21.8. The Morgan fingerprint density at radius 1 is 1.07 bits per heavy atom. The molecule has 0 radical (unpaired) electrons. The van der Waals surface area contributed by atoms with Crippen molar-refractivity contribution in [2.45, 2.75) is 6.54 Å². The van der Waals surface area contributed by atoms with Crippen LogP contribution in [0.25, 0.3) is 11.3 Å². The van der Waals surface area contributed by atoms with Gasteiger partial charge in [-0.1, -0.05) is 36.4 Å². The van der Waals surface area contributed by atoms with Crippen molar-refractivity contribution in [2.75, 3.05) is 33.3 Å². The highest BCUT2D eigenvalue weighted by Gasteiger charge is 2.23. The monoisotopic (exact) mass is 393 g/mol. The Kier molecular flexibility index (Phi) is 5.69. The van der Waals surface area contributed by atoms with Crippen LogP contribution in [0.2, 0.25) is 0 Å². The number of piperazine rings is 1. The van der Waals surface area contributed by atoms with Crippen molar-refractivity contribution in [2.24, 2.45) is 0 Å². The van der Waals surface area contributed by atoms with Gasteiger partial charge in [-0.3, -0.25) is 9.69 Å². The van der Waals surface area contributed by atoms with Crippen LogP contribution in [0.4, 0.5) is 0 Å². The third kappa shape index (κ3) is 4.24. The van der Waals surface area contributed by atoms with E-state index in [0.717, 1.165) is 49.0 Å². The fourth-order valence-corrected chi connectivity index (χ4v) is 4.21. The number of nitrogens with zero attached hydrogens (tertiary/aromatic N) is 3. The van der Waals surface area contributed by atoms with E-state index in [-0.39, 0.29) is 5.91 Å². The van der Waals surface area contributed by atoms with E-state index in [1.165, 1.54) is 0 Å². The zero-order valence-electron chi connectivity index (χ0n) is 15.9. The minimum absolute atomic E-state index is 0.0687. The topological polar surface area (TPSA) is 45.7 Å². The number of amides is 1. The highest BCUT2D eigenvalue weighted by atomic mass is 32.1. The van der Waals surface area contributed by atoms with E-state index in [1.54, 1.807) is 24.5 Å². The zero-order valence-corrected chi connectivity index (χ0v) is 16.7. The van der Waals surface area contributed by atoms with Crippen LogP contribution in [-0.4, -0.2) is 54.0 Å². The molecule has 0 bridgehead atoms. The molecule has 28 heavy (non-hydrogen) atoms. The summed E-state index contributed by atoms with van der Waals surface area (Å²) in [6, 6.07) is 17.6. The zero-order chi connectivity index (χ0) is 19.3. The van der Waals surface area contributed by atoms with Gasteiger partial charge in [0.15, 0.2) is 0 Å². The molecule has 3 aromatic rings. The molecule has 1 saturated heterocycles. The van der Waals surface area contributed by atoms with Crippen LogP contribution in [-0.2, 0) is 6.54 Å². The second-order valence-electron chi connectivity index (χ2n) is 6.79. The van der Waals surface area contributed by atoms with Crippen molar-refractivity contribution in [3.8, 4) is 17.0 Å². The summed E-state index contributed by atoms with van der Waals surface area (Å²) in [5.74, 6) is 0.779. The van der Waals surface area contributed by atoms with Crippen LogP contribution in [0.3, 0.4) is 0 Å². The van der Waals surface area contributed by atoms with E-state index in [0.29, 0.717) is 11.3 Å². The average molecular weight is 394 g/mol. The smallest absolute Gasteiger partial charge is 0.254 e. The first-order valence-electron chi connectivity index (χ1n) is 9.38.